The number of nitrogens with one attached hydrogen (secondary N) is 1. The van der Waals surface area contributed by atoms with E-state index in [2.05, 4.69) is 21.2 Å². The van der Waals surface area contributed by atoms with E-state index in [1.54, 1.807) is 12.1 Å². The number of hydrogen-bond donors (Lipinski definition) is 2. The average Bonchev–Trinajstić information content (AvgIpc) is 2.36. The maximum Gasteiger partial charge on any atom is 0.148 e. The Hall–Kier alpha value is -0.160. The molecule has 0 aromatic heterocycles. The molecule has 1 aromatic rings. The van der Waals surface area contributed by atoms with Gasteiger partial charge in [-0.2, -0.15) is 0 Å². The van der Waals surface area contributed by atoms with Crippen LogP contribution in [0.3, 0.4) is 0 Å². The van der Waals surface area contributed by atoms with Gasteiger partial charge in [0.1, 0.15) is 5.82 Å². The van der Waals surface area contributed by atoms with E-state index in [-0.39, 0.29) is 10.9 Å². The van der Waals surface area contributed by atoms with Gasteiger partial charge in [0.2, 0.25) is 0 Å². The normalized spacial score (nSPS) is 19.3. The van der Waals surface area contributed by atoms with Crippen molar-refractivity contribution in [3.8, 4) is 0 Å². The predicted molar refractivity (Wildman–Crippen MR) is 69.7 cm³/mol. The summed E-state index contributed by atoms with van der Waals surface area (Å²) in [4.78, 5) is 0. The first-order valence-electron chi connectivity index (χ1n) is 5.63. The van der Waals surface area contributed by atoms with Crippen LogP contribution in [0.1, 0.15) is 24.5 Å². The van der Waals surface area contributed by atoms with Crippen LogP contribution in [0.5, 0.6) is 0 Å². The molecule has 1 atom stereocenters. The van der Waals surface area contributed by atoms with Gasteiger partial charge in [-0.1, -0.05) is 17.7 Å². The summed E-state index contributed by atoms with van der Waals surface area (Å²) in [6.45, 7) is 1.74. The molecular formula is C12H14BrClFNO. The van der Waals surface area contributed by atoms with E-state index in [1.165, 1.54) is 0 Å². The van der Waals surface area contributed by atoms with Crippen LogP contribution in [0.15, 0.2) is 16.6 Å². The van der Waals surface area contributed by atoms with Crippen molar-refractivity contribution in [1.82, 2.24) is 5.32 Å². The van der Waals surface area contributed by atoms with Crippen LogP contribution >= 0.6 is 27.5 Å². The van der Waals surface area contributed by atoms with Crippen LogP contribution in [0.4, 0.5) is 4.39 Å². The third-order valence-corrected chi connectivity index (χ3v) is 4.47. The number of aliphatic hydroxyl groups is 1. The van der Waals surface area contributed by atoms with Crippen molar-refractivity contribution >= 4 is 27.5 Å². The quantitative estimate of drug-likeness (QED) is 0.819. The fourth-order valence-electron chi connectivity index (χ4n) is 2.18. The van der Waals surface area contributed by atoms with Crippen LogP contribution < -0.4 is 5.32 Å². The highest BCUT2D eigenvalue weighted by Crippen LogP contribution is 2.35. The lowest BCUT2D eigenvalue weighted by atomic mass is 9.88. The van der Waals surface area contributed by atoms with Crippen molar-refractivity contribution < 1.29 is 9.50 Å². The van der Waals surface area contributed by atoms with Gasteiger partial charge in [-0.25, -0.2) is 4.39 Å². The first-order chi connectivity index (χ1) is 8.11. The number of benzene rings is 1. The summed E-state index contributed by atoms with van der Waals surface area (Å²) in [5.41, 5.74) is 0.296. The highest BCUT2D eigenvalue weighted by atomic mass is 79.9. The molecule has 0 radical (unpaired) electrons. The second kappa shape index (κ2) is 5.65. The zero-order valence-electron chi connectivity index (χ0n) is 9.22. The third kappa shape index (κ3) is 2.81. The summed E-state index contributed by atoms with van der Waals surface area (Å²) in [7, 11) is 0. The average molecular weight is 323 g/mol. The molecule has 2 N–H and O–H groups in total. The topological polar surface area (TPSA) is 32.3 Å². The molecule has 1 aliphatic heterocycles. The molecule has 0 bridgehead atoms. The minimum absolute atomic E-state index is 0.0375. The molecule has 1 fully saturated rings. The Labute approximate surface area is 113 Å². The van der Waals surface area contributed by atoms with Crippen LogP contribution in [-0.4, -0.2) is 18.2 Å². The van der Waals surface area contributed by atoms with Crippen LogP contribution in [-0.2, 0) is 0 Å². The molecule has 1 unspecified atom stereocenters. The number of halogens is 3. The molecule has 1 saturated heterocycles. The lowest BCUT2D eigenvalue weighted by Crippen LogP contribution is -2.31. The molecule has 94 valence electrons. The second-order valence-corrected chi connectivity index (χ2v) is 5.53. The van der Waals surface area contributed by atoms with E-state index in [9.17, 15) is 9.50 Å². The summed E-state index contributed by atoms with van der Waals surface area (Å²) in [5.74, 6) is -0.421. The summed E-state index contributed by atoms with van der Waals surface area (Å²) >= 11 is 8.98. The van der Waals surface area contributed by atoms with Crippen molar-refractivity contribution in [2.75, 3.05) is 13.1 Å². The lowest BCUT2D eigenvalue weighted by molar-refractivity contribution is 0.0856. The van der Waals surface area contributed by atoms with Gasteiger partial charge in [0.25, 0.3) is 0 Å². The summed E-state index contributed by atoms with van der Waals surface area (Å²) in [6, 6.07) is 3.27. The molecule has 1 heterocycles. The predicted octanol–water partition coefficient (Wildman–Crippen LogP) is 3.27. The number of hydrogen-bond acceptors (Lipinski definition) is 2. The van der Waals surface area contributed by atoms with E-state index in [1.807, 2.05) is 0 Å². The summed E-state index contributed by atoms with van der Waals surface area (Å²) < 4.78 is 14.4. The molecule has 0 saturated carbocycles. The van der Waals surface area contributed by atoms with Crippen LogP contribution in [0, 0.1) is 11.7 Å². The maximum atomic E-state index is 13.9. The zero-order valence-corrected chi connectivity index (χ0v) is 11.6. The molecule has 2 nitrogen and oxygen atoms in total. The first-order valence-corrected chi connectivity index (χ1v) is 6.80. The van der Waals surface area contributed by atoms with E-state index in [0.29, 0.717) is 10.0 Å². The van der Waals surface area contributed by atoms with Crippen molar-refractivity contribution in [3.05, 3.63) is 33.0 Å². The Morgan fingerprint density at radius 1 is 1.41 bits per heavy atom. The second-order valence-electron chi connectivity index (χ2n) is 4.30. The highest BCUT2D eigenvalue weighted by molar-refractivity contribution is 9.10. The number of aliphatic hydroxyl groups excluding tert-OH is 1. The van der Waals surface area contributed by atoms with E-state index in [0.717, 1.165) is 25.9 Å². The molecule has 17 heavy (non-hydrogen) atoms. The van der Waals surface area contributed by atoms with Gasteiger partial charge in [0.05, 0.1) is 11.1 Å². The maximum absolute atomic E-state index is 13.9. The molecule has 2 rings (SSSR count). The van der Waals surface area contributed by atoms with Crippen LogP contribution in [0.2, 0.25) is 5.02 Å². The minimum atomic E-state index is -0.775. The molecular weight excluding hydrogens is 308 g/mol. The van der Waals surface area contributed by atoms with Crippen molar-refractivity contribution in [3.63, 3.8) is 0 Å². The van der Waals surface area contributed by atoms with Gasteiger partial charge in [-0.05, 0) is 53.8 Å². The highest BCUT2D eigenvalue weighted by Gasteiger charge is 2.26. The SMILES string of the molecule is OC(c1ccc(Br)c(Cl)c1F)C1CCNCC1. The zero-order chi connectivity index (χ0) is 12.4. The monoisotopic (exact) mass is 321 g/mol. The van der Waals surface area contributed by atoms with E-state index >= 15 is 0 Å². The summed E-state index contributed by atoms with van der Waals surface area (Å²) in [6.07, 6.45) is 0.936. The molecule has 5 heteroatoms. The Bertz CT molecular complexity index is 410. The third-order valence-electron chi connectivity index (χ3n) is 3.21. The van der Waals surface area contributed by atoms with E-state index in [4.69, 9.17) is 11.6 Å². The molecule has 0 spiro atoms. The number of piperidine rings is 1. The van der Waals surface area contributed by atoms with Gasteiger partial charge in [-0.3, -0.25) is 0 Å². The fraction of sp³-hybridized carbons (Fsp3) is 0.500. The van der Waals surface area contributed by atoms with Crippen molar-refractivity contribution in [2.24, 2.45) is 5.92 Å². The molecule has 0 aliphatic carbocycles. The minimum Gasteiger partial charge on any atom is -0.388 e. The Kier molecular flexibility index (Phi) is 4.42. The van der Waals surface area contributed by atoms with Gasteiger partial charge in [0, 0.05) is 10.0 Å². The smallest absolute Gasteiger partial charge is 0.148 e. The summed E-state index contributed by atoms with van der Waals surface area (Å²) in [5, 5.41) is 13.5. The van der Waals surface area contributed by atoms with Gasteiger partial charge in [-0.15, -0.1) is 0 Å². The Morgan fingerprint density at radius 3 is 2.71 bits per heavy atom. The van der Waals surface area contributed by atoms with Crippen molar-refractivity contribution in [1.29, 1.82) is 0 Å². The molecule has 1 aromatic carbocycles. The van der Waals surface area contributed by atoms with Crippen LogP contribution in [0.25, 0.3) is 0 Å². The largest absolute Gasteiger partial charge is 0.388 e. The molecule has 1 aliphatic rings. The number of rotatable bonds is 2. The fourth-order valence-corrected chi connectivity index (χ4v) is 2.66. The Balaban J connectivity index is 2.24. The van der Waals surface area contributed by atoms with Gasteiger partial charge >= 0.3 is 0 Å². The van der Waals surface area contributed by atoms with E-state index < -0.39 is 11.9 Å². The lowest BCUT2D eigenvalue weighted by Gasteiger charge is -2.27. The van der Waals surface area contributed by atoms with Crippen molar-refractivity contribution in [2.45, 2.75) is 18.9 Å². The molecule has 0 amide bonds. The standard InChI is InChI=1S/C12H14BrClFNO/c13-9-2-1-8(11(15)10(9)14)12(17)7-3-5-16-6-4-7/h1-2,7,12,16-17H,3-6H2. The van der Waals surface area contributed by atoms with Gasteiger partial charge in [0.15, 0.2) is 0 Å². The first kappa shape index (κ1) is 13.3. The van der Waals surface area contributed by atoms with Gasteiger partial charge < -0.3 is 10.4 Å². The Morgan fingerprint density at radius 2 is 2.06 bits per heavy atom.